The average Bonchev–Trinajstić information content (AvgIpc) is 2.33. The van der Waals surface area contributed by atoms with Gasteiger partial charge in [0.2, 0.25) is 0 Å². The van der Waals surface area contributed by atoms with E-state index in [2.05, 4.69) is 4.98 Å². The first-order valence-corrected chi connectivity index (χ1v) is 5.63. The summed E-state index contributed by atoms with van der Waals surface area (Å²) in [5.74, 6) is 1.01. The number of halogens is 2. The lowest BCUT2D eigenvalue weighted by molar-refractivity contribution is 0.416. The van der Waals surface area contributed by atoms with E-state index in [-0.39, 0.29) is 0 Å². The summed E-state index contributed by atoms with van der Waals surface area (Å²) < 4.78 is 5.25. The topological polar surface area (TPSA) is 48.1 Å². The van der Waals surface area contributed by atoms with Crippen LogP contribution in [0.4, 0.5) is 5.82 Å². The van der Waals surface area contributed by atoms with Crippen molar-refractivity contribution in [3.05, 3.63) is 40.5 Å². The summed E-state index contributed by atoms with van der Waals surface area (Å²) in [6, 6.07) is 7.04. The van der Waals surface area contributed by atoms with E-state index in [1.54, 1.807) is 25.4 Å². The summed E-state index contributed by atoms with van der Waals surface area (Å²) in [7, 11) is 1.57. The van der Waals surface area contributed by atoms with Gasteiger partial charge >= 0.3 is 0 Å². The van der Waals surface area contributed by atoms with Gasteiger partial charge in [-0.15, -0.1) is 0 Å². The molecule has 2 N–H and O–H groups in total. The summed E-state index contributed by atoms with van der Waals surface area (Å²) in [5, 5.41) is 0.960. The minimum absolute atomic E-state index is 0.392. The largest absolute Gasteiger partial charge is 0.496 e. The van der Waals surface area contributed by atoms with Crippen molar-refractivity contribution in [2.45, 2.75) is 0 Å². The molecule has 88 valence electrons. The molecule has 2 aromatic rings. The monoisotopic (exact) mass is 268 g/mol. The Hall–Kier alpha value is -1.45. The number of methoxy groups -OCH3 is 1. The Labute approximate surface area is 109 Å². The van der Waals surface area contributed by atoms with E-state index in [0.717, 1.165) is 11.1 Å². The number of aromatic nitrogens is 1. The molecule has 0 unspecified atom stereocenters. The lowest BCUT2D eigenvalue weighted by Crippen LogP contribution is -1.95. The third-order valence-electron chi connectivity index (χ3n) is 2.35. The van der Waals surface area contributed by atoms with Crippen LogP contribution in [0.1, 0.15) is 0 Å². The Balaban J connectivity index is 2.64. The van der Waals surface area contributed by atoms with Gasteiger partial charge in [-0.2, -0.15) is 0 Å². The number of nitrogens with two attached hydrogens (primary N) is 1. The van der Waals surface area contributed by atoms with Gasteiger partial charge in [0.15, 0.2) is 0 Å². The number of hydrogen-bond acceptors (Lipinski definition) is 3. The van der Waals surface area contributed by atoms with Crippen molar-refractivity contribution < 1.29 is 4.74 Å². The zero-order valence-electron chi connectivity index (χ0n) is 9.08. The molecule has 0 saturated heterocycles. The van der Waals surface area contributed by atoms with E-state index in [0.29, 0.717) is 21.6 Å². The maximum atomic E-state index is 6.15. The molecule has 17 heavy (non-hydrogen) atoms. The summed E-state index contributed by atoms with van der Waals surface area (Å²) in [5.41, 5.74) is 7.12. The molecule has 2 rings (SSSR count). The molecule has 3 nitrogen and oxygen atoms in total. The molecule has 0 bridgehead atoms. The molecule has 0 aliphatic heterocycles. The fourth-order valence-electron chi connectivity index (χ4n) is 1.54. The van der Waals surface area contributed by atoms with Crippen molar-refractivity contribution in [1.82, 2.24) is 4.98 Å². The van der Waals surface area contributed by atoms with Crippen molar-refractivity contribution in [3.8, 4) is 16.9 Å². The predicted molar refractivity (Wildman–Crippen MR) is 70.7 cm³/mol. The van der Waals surface area contributed by atoms with Crippen LogP contribution in [0.2, 0.25) is 10.0 Å². The highest BCUT2D eigenvalue weighted by atomic mass is 35.5. The summed E-state index contributed by atoms with van der Waals surface area (Å²) in [6.07, 6.45) is 1.62. The van der Waals surface area contributed by atoms with Gasteiger partial charge in [-0.3, -0.25) is 0 Å². The van der Waals surface area contributed by atoms with E-state index in [4.69, 9.17) is 33.7 Å². The number of anilines is 1. The number of benzene rings is 1. The van der Waals surface area contributed by atoms with Crippen LogP contribution in [-0.2, 0) is 0 Å². The van der Waals surface area contributed by atoms with E-state index < -0.39 is 0 Å². The highest BCUT2D eigenvalue weighted by Gasteiger charge is 2.12. The van der Waals surface area contributed by atoms with E-state index >= 15 is 0 Å². The Morgan fingerprint density at radius 2 is 2.00 bits per heavy atom. The number of rotatable bonds is 2. The second kappa shape index (κ2) is 4.82. The third-order valence-corrected chi connectivity index (χ3v) is 3.17. The minimum atomic E-state index is 0.392. The van der Waals surface area contributed by atoms with Crippen LogP contribution in [0.25, 0.3) is 11.1 Å². The van der Waals surface area contributed by atoms with E-state index in [1.807, 2.05) is 12.1 Å². The average molecular weight is 269 g/mol. The fourth-order valence-corrected chi connectivity index (χ4v) is 1.94. The normalized spacial score (nSPS) is 10.3. The molecule has 0 saturated carbocycles. The van der Waals surface area contributed by atoms with Crippen LogP contribution in [0.15, 0.2) is 30.5 Å². The van der Waals surface area contributed by atoms with Crippen LogP contribution in [0.3, 0.4) is 0 Å². The van der Waals surface area contributed by atoms with Gasteiger partial charge in [-0.25, -0.2) is 4.98 Å². The number of ether oxygens (including phenoxy) is 1. The molecule has 0 spiro atoms. The number of hydrogen-bond donors (Lipinski definition) is 1. The van der Waals surface area contributed by atoms with Crippen molar-refractivity contribution in [2.24, 2.45) is 0 Å². The van der Waals surface area contributed by atoms with Gasteiger partial charge < -0.3 is 10.5 Å². The summed E-state index contributed by atoms with van der Waals surface area (Å²) >= 11 is 12.1. The molecule has 0 radical (unpaired) electrons. The van der Waals surface area contributed by atoms with Crippen molar-refractivity contribution in [1.29, 1.82) is 0 Å². The first-order chi connectivity index (χ1) is 8.13. The highest BCUT2D eigenvalue weighted by molar-refractivity contribution is 6.43. The zero-order valence-corrected chi connectivity index (χ0v) is 10.6. The number of pyridine rings is 1. The predicted octanol–water partition coefficient (Wildman–Crippen LogP) is 3.65. The molecule has 0 fully saturated rings. The van der Waals surface area contributed by atoms with Crippen molar-refractivity contribution >= 4 is 29.0 Å². The molecule has 1 aromatic carbocycles. The smallest absolute Gasteiger partial charge is 0.131 e. The Morgan fingerprint density at radius 1 is 1.24 bits per heavy atom. The van der Waals surface area contributed by atoms with Gasteiger partial charge in [-0.05, 0) is 6.07 Å². The lowest BCUT2D eigenvalue weighted by Gasteiger charge is -2.10. The fraction of sp³-hybridized carbons (Fsp3) is 0.0833. The molecular weight excluding hydrogens is 259 g/mol. The number of nitrogens with zero attached hydrogens (tertiary/aromatic N) is 1. The van der Waals surface area contributed by atoms with Crippen molar-refractivity contribution in [2.75, 3.05) is 12.8 Å². The van der Waals surface area contributed by atoms with Crippen LogP contribution < -0.4 is 10.5 Å². The van der Waals surface area contributed by atoms with Crippen LogP contribution in [0, 0.1) is 0 Å². The zero-order chi connectivity index (χ0) is 12.4. The quantitative estimate of drug-likeness (QED) is 0.905. The lowest BCUT2D eigenvalue weighted by atomic mass is 10.1. The molecule has 5 heteroatoms. The van der Waals surface area contributed by atoms with Crippen LogP contribution in [-0.4, -0.2) is 12.1 Å². The summed E-state index contributed by atoms with van der Waals surface area (Å²) in [6.45, 7) is 0. The van der Waals surface area contributed by atoms with Gasteiger partial charge in [0.25, 0.3) is 0 Å². The Bertz CT molecular complexity index is 558. The molecule has 1 aromatic heterocycles. The van der Waals surface area contributed by atoms with Gasteiger partial charge in [0, 0.05) is 23.4 Å². The van der Waals surface area contributed by atoms with E-state index in [9.17, 15) is 0 Å². The third kappa shape index (κ3) is 2.30. The van der Waals surface area contributed by atoms with Crippen LogP contribution in [0.5, 0.6) is 5.75 Å². The Kier molecular flexibility index (Phi) is 3.41. The van der Waals surface area contributed by atoms with Crippen LogP contribution >= 0.6 is 23.2 Å². The molecule has 0 atom stereocenters. The minimum Gasteiger partial charge on any atom is -0.496 e. The van der Waals surface area contributed by atoms with Gasteiger partial charge in [0.05, 0.1) is 17.2 Å². The molecule has 0 aliphatic rings. The molecular formula is C12H10Cl2N2O. The SMILES string of the molecule is COc1cc(N)ncc1-c1cccc(Cl)c1Cl. The maximum absolute atomic E-state index is 6.15. The molecule has 1 heterocycles. The maximum Gasteiger partial charge on any atom is 0.131 e. The Morgan fingerprint density at radius 3 is 2.71 bits per heavy atom. The second-order valence-corrected chi connectivity index (χ2v) is 4.20. The molecule has 0 amide bonds. The summed E-state index contributed by atoms with van der Waals surface area (Å²) in [4.78, 5) is 4.03. The van der Waals surface area contributed by atoms with Crippen molar-refractivity contribution in [3.63, 3.8) is 0 Å². The van der Waals surface area contributed by atoms with Gasteiger partial charge in [0.1, 0.15) is 11.6 Å². The standard InChI is InChI=1S/C12H10Cl2N2O/c1-17-10-5-11(15)16-6-8(10)7-3-2-4-9(13)12(7)14/h2-6H,1H3,(H2,15,16). The first kappa shape index (κ1) is 12.0. The highest BCUT2D eigenvalue weighted by Crippen LogP contribution is 2.38. The first-order valence-electron chi connectivity index (χ1n) is 4.87. The van der Waals surface area contributed by atoms with Gasteiger partial charge in [-0.1, -0.05) is 35.3 Å². The second-order valence-electron chi connectivity index (χ2n) is 3.41. The number of nitrogen functional groups attached to an aromatic ring is 1. The molecule has 0 aliphatic carbocycles. The van der Waals surface area contributed by atoms with E-state index in [1.165, 1.54) is 0 Å².